The van der Waals surface area contributed by atoms with Crippen molar-refractivity contribution in [1.82, 2.24) is 0 Å². The molecule has 0 saturated heterocycles. The van der Waals surface area contributed by atoms with Gasteiger partial charge in [-0.1, -0.05) is 13.3 Å². The Labute approximate surface area is 112 Å². The van der Waals surface area contributed by atoms with E-state index in [0.29, 0.717) is 6.42 Å². The van der Waals surface area contributed by atoms with Crippen LogP contribution in [0, 0.1) is 0 Å². The molecule has 0 aromatic carbocycles. The van der Waals surface area contributed by atoms with Gasteiger partial charge in [0.1, 0.15) is 10.1 Å². The predicted molar refractivity (Wildman–Crippen MR) is 71.9 cm³/mol. The lowest BCUT2D eigenvalue weighted by molar-refractivity contribution is -0.921. The van der Waals surface area contributed by atoms with Crippen LogP contribution < -0.4 is 0 Å². The molecule has 4 nitrogen and oxygen atoms in total. The molecule has 0 aromatic heterocycles. The lowest BCUT2D eigenvalue weighted by Crippen LogP contribution is -2.47. The van der Waals surface area contributed by atoms with Gasteiger partial charge in [0, 0.05) is 0 Å². The Balaban J connectivity index is 0. The summed E-state index contributed by atoms with van der Waals surface area (Å²) < 4.78 is 42.7. The molecule has 0 radical (unpaired) electrons. The average Bonchev–Trinajstić information content (AvgIpc) is 2.33. The minimum Gasteiger partial charge on any atom is -0.746 e. The number of halogens is 1. The van der Waals surface area contributed by atoms with Gasteiger partial charge in [-0.3, -0.25) is 0 Å². The molecule has 0 aliphatic heterocycles. The molecule has 0 rings (SSSR count). The number of hydrogen-bond donors (Lipinski definition) is 0. The second-order valence-electron chi connectivity index (χ2n) is 4.30. The highest BCUT2D eigenvalue weighted by atomic mass is 32.2. The minimum absolute atomic E-state index is 0.203. The maximum absolute atomic E-state index is 12.0. The molecule has 0 aliphatic carbocycles. The molecule has 0 bridgehead atoms. The van der Waals surface area contributed by atoms with Crippen molar-refractivity contribution >= 4 is 10.1 Å². The predicted octanol–water partition coefficient (Wildman–Crippen LogP) is 2.51. The van der Waals surface area contributed by atoms with Crippen LogP contribution in [0.5, 0.6) is 0 Å². The Hall–Kier alpha value is -0.200. The standard InChI is InChI=1S/C8H20N.C4H9FO3S/c1-5-9(6-2,7-3)8-4;1-2-3-4(5)9(6,7)8/h5-8H2,1-4H3;4H,2-3H2,1H3,(H,6,7,8)/q+1;/p-1. The van der Waals surface area contributed by atoms with E-state index in [2.05, 4.69) is 27.7 Å². The second kappa shape index (κ2) is 9.69. The second-order valence-corrected chi connectivity index (χ2v) is 5.80. The molecule has 0 N–H and O–H groups in total. The van der Waals surface area contributed by atoms with Crippen molar-refractivity contribution in [1.29, 1.82) is 0 Å². The van der Waals surface area contributed by atoms with Gasteiger partial charge < -0.3 is 9.04 Å². The smallest absolute Gasteiger partial charge is 0.189 e. The molecule has 1 unspecified atom stereocenters. The van der Waals surface area contributed by atoms with Gasteiger partial charge >= 0.3 is 0 Å². The fourth-order valence-corrected chi connectivity index (χ4v) is 2.24. The first-order valence-corrected chi connectivity index (χ1v) is 8.13. The Kier molecular flexibility index (Phi) is 10.8. The summed E-state index contributed by atoms with van der Waals surface area (Å²) in [6, 6.07) is 0. The molecule has 0 heterocycles. The van der Waals surface area contributed by atoms with Crippen LogP contribution in [0.15, 0.2) is 0 Å². The van der Waals surface area contributed by atoms with Crippen LogP contribution in [0.4, 0.5) is 4.39 Å². The Morgan fingerprint density at radius 2 is 1.33 bits per heavy atom. The van der Waals surface area contributed by atoms with Gasteiger partial charge in [-0.25, -0.2) is 12.8 Å². The molecule has 0 amide bonds. The highest BCUT2D eigenvalue weighted by Crippen LogP contribution is 2.06. The Bertz CT molecular complexity index is 272. The van der Waals surface area contributed by atoms with E-state index in [-0.39, 0.29) is 6.42 Å². The highest BCUT2D eigenvalue weighted by Gasteiger charge is 2.16. The molecule has 0 saturated carbocycles. The van der Waals surface area contributed by atoms with Gasteiger partial charge in [-0.15, -0.1) is 0 Å². The summed E-state index contributed by atoms with van der Waals surface area (Å²) in [6.07, 6.45) is 0.161. The average molecular weight is 285 g/mol. The van der Waals surface area contributed by atoms with Crippen LogP contribution in [0.2, 0.25) is 0 Å². The maximum atomic E-state index is 12.0. The van der Waals surface area contributed by atoms with E-state index < -0.39 is 15.6 Å². The van der Waals surface area contributed by atoms with Gasteiger partial charge in [0.25, 0.3) is 0 Å². The van der Waals surface area contributed by atoms with E-state index in [0.717, 1.165) is 0 Å². The first kappa shape index (κ1) is 20.1. The first-order valence-electron chi connectivity index (χ1n) is 6.66. The van der Waals surface area contributed by atoms with E-state index >= 15 is 0 Å². The third-order valence-electron chi connectivity index (χ3n) is 3.51. The zero-order valence-electron chi connectivity index (χ0n) is 12.3. The third kappa shape index (κ3) is 8.00. The number of rotatable bonds is 7. The lowest BCUT2D eigenvalue weighted by Gasteiger charge is -2.34. The summed E-state index contributed by atoms with van der Waals surface area (Å²) >= 11 is 0. The molecule has 112 valence electrons. The van der Waals surface area contributed by atoms with Gasteiger partial charge in [-0.2, -0.15) is 0 Å². The zero-order valence-corrected chi connectivity index (χ0v) is 13.1. The SMILES string of the molecule is CCCC(F)S(=O)(=O)[O-].CC[N+](CC)(CC)CC. The Morgan fingerprint density at radius 1 is 1.00 bits per heavy atom. The van der Waals surface area contributed by atoms with E-state index in [9.17, 15) is 17.4 Å². The molecule has 0 aromatic rings. The lowest BCUT2D eigenvalue weighted by atomic mass is 10.3. The fourth-order valence-electron chi connectivity index (χ4n) is 1.71. The van der Waals surface area contributed by atoms with Crippen LogP contribution in [0.1, 0.15) is 47.5 Å². The number of nitrogens with zero attached hydrogens (tertiary/aromatic N) is 1. The van der Waals surface area contributed by atoms with Crippen LogP contribution in [-0.2, 0) is 10.1 Å². The van der Waals surface area contributed by atoms with Crippen molar-refractivity contribution in [3.8, 4) is 0 Å². The van der Waals surface area contributed by atoms with Crippen molar-refractivity contribution in [2.75, 3.05) is 26.2 Å². The molecular formula is C12H28FNO3S. The summed E-state index contributed by atoms with van der Waals surface area (Å²) in [6.45, 7) is 15.8. The van der Waals surface area contributed by atoms with Crippen molar-refractivity contribution < 1.29 is 21.8 Å². The van der Waals surface area contributed by atoms with Crippen LogP contribution >= 0.6 is 0 Å². The summed E-state index contributed by atoms with van der Waals surface area (Å²) in [5.41, 5.74) is -2.22. The van der Waals surface area contributed by atoms with Gasteiger partial charge in [-0.05, 0) is 34.1 Å². The summed E-state index contributed by atoms with van der Waals surface area (Å²) in [4.78, 5) is 0. The molecule has 0 spiro atoms. The summed E-state index contributed by atoms with van der Waals surface area (Å²) in [5, 5.41) is 0. The third-order valence-corrected chi connectivity index (χ3v) is 4.37. The highest BCUT2D eigenvalue weighted by molar-refractivity contribution is 7.86. The zero-order chi connectivity index (χ0) is 14.8. The normalized spacial score (nSPS) is 13.7. The van der Waals surface area contributed by atoms with Crippen molar-refractivity contribution in [3.63, 3.8) is 0 Å². The molecule has 0 fully saturated rings. The summed E-state index contributed by atoms with van der Waals surface area (Å²) in [7, 11) is -4.68. The van der Waals surface area contributed by atoms with Gasteiger partial charge in [0.05, 0.1) is 26.2 Å². The first-order chi connectivity index (χ1) is 8.22. The quantitative estimate of drug-likeness (QED) is 0.533. The van der Waals surface area contributed by atoms with E-state index in [4.69, 9.17) is 0 Å². The van der Waals surface area contributed by atoms with Crippen molar-refractivity contribution in [2.45, 2.75) is 53.0 Å². The monoisotopic (exact) mass is 285 g/mol. The molecule has 0 aliphatic rings. The van der Waals surface area contributed by atoms with Gasteiger partial charge in [0.2, 0.25) is 0 Å². The summed E-state index contributed by atoms with van der Waals surface area (Å²) in [5.74, 6) is 0. The number of alkyl halides is 1. The minimum atomic E-state index is -4.68. The number of hydrogen-bond acceptors (Lipinski definition) is 3. The molecule has 6 heteroatoms. The van der Waals surface area contributed by atoms with E-state index in [1.807, 2.05) is 0 Å². The van der Waals surface area contributed by atoms with E-state index in [1.165, 1.54) is 30.7 Å². The molecule has 1 atom stereocenters. The molecular weight excluding hydrogens is 257 g/mol. The largest absolute Gasteiger partial charge is 0.746 e. The van der Waals surface area contributed by atoms with Crippen molar-refractivity contribution in [2.24, 2.45) is 0 Å². The Morgan fingerprint density at radius 3 is 1.39 bits per heavy atom. The van der Waals surface area contributed by atoms with Crippen molar-refractivity contribution in [3.05, 3.63) is 0 Å². The maximum Gasteiger partial charge on any atom is 0.189 e. The van der Waals surface area contributed by atoms with Crippen LogP contribution in [0.25, 0.3) is 0 Å². The van der Waals surface area contributed by atoms with Gasteiger partial charge in [0.15, 0.2) is 5.50 Å². The number of quaternary nitrogens is 1. The molecule has 18 heavy (non-hydrogen) atoms. The van der Waals surface area contributed by atoms with E-state index in [1.54, 1.807) is 6.92 Å². The van der Waals surface area contributed by atoms with Crippen LogP contribution in [0.3, 0.4) is 0 Å². The fraction of sp³-hybridized carbons (Fsp3) is 1.00. The van der Waals surface area contributed by atoms with Crippen LogP contribution in [-0.4, -0.2) is 49.1 Å². The topological polar surface area (TPSA) is 57.2 Å².